The van der Waals surface area contributed by atoms with Crippen LogP contribution in [-0.4, -0.2) is 46.5 Å². The summed E-state index contributed by atoms with van der Waals surface area (Å²) in [5.74, 6) is -0.221. The average molecular weight is 497 g/mol. The molecule has 2 bridgehead atoms. The molecule has 0 radical (unpaired) electrons. The van der Waals surface area contributed by atoms with Gasteiger partial charge in [-0.3, -0.25) is 14.5 Å². The van der Waals surface area contributed by atoms with Crippen LogP contribution in [0.1, 0.15) is 60.0 Å². The van der Waals surface area contributed by atoms with Crippen LogP contribution in [0.15, 0.2) is 49.1 Å². The average Bonchev–Trinajstić information content (AvgIpc) is 3.53. The van der Waals surface area contributed by atoms with E-state index in [0.29, 0.717) is 29.1 Å². The number of hydrogen-bond acceptors (Lipinski definition) is 7. The third-order valence-electron chi connectivity index (χ3n) is 7.86. The maximum absolute atomic E-state index is 13.3. The lowest BCUT2D eigenvalue weighted by molar-refractivity contribution is -0.0580. The van der Waals surface area contributed by atoms with Crippen molar-refractivity contribution in [3.63, 3.8) is 0 Å². The van der Waals surface area contributed by atoms with E-state index in [1.165, 1.54) is 6.20 Å². The SMILES string of the molecule is Cn1cc(CNC(=O)c2cnc(-c3ccc4cc(C#N)cnn34)cc2NC23CCC(O)(CC2)CC3)cn1. The normalized spacial score (nSPS) is 22.6. The second-order valence-electron chi connectivity index (χ2n) is 10.4. The first-order valence-corrected chi connectivity index (χ1v) is 12.5. The lowest BCUT2D eigenvalue weighted by Gasteiger charge is -2.51. The minimum atomic E-state index is -0.546. The Labute approximate surface area is 213 Å². The Morgan fingerprint density at radius 2 is 1.89 bits per heavy atom. The summed E-state index contributed by atoms with van der Waals surface area (Å²) in [7, 11) is 1.84. The highest BCUT2D eigenvalue weighted by atomic mass is 16.3. The zero-order valence-electron chi connectivity index (χ0n) is 20.6. The Kier molecular flexibility index (Phi) is 5.46. The van der Waals surface area contributed by atoms with Crippen molar-refractivity contribution in [1.29, 1.82) is 5.26 Å². The number of amides is 1. The number of pyridine rings is 1. The molecule has 0 aromatic carbocycles. The van der Waals surface area contributed by atoms with E-state index in [-0.39, 0.29) is 11.4 Å². The number of aryl methyl sites for hydroxylation is 1. The van der Waals surface area contributed by atoms with Crippen LogP contribution in [0.3, 0.4) is 0 Å². The predicted molar refractivity (Wildman–Crippen MR) is 137 cm³/mol. The number of fused-ring (bicyclic) bond motifs is 4. The van der Waals surface area contributed by atoms with Crippen LogP contribution < -0.4 is 10.6 Å². The van der Waals surface area contributed by atoms with Crippen LogP contribution in [0.2, 0.25) is 0 Å². The van der Waals surface area contributed by atoms with Crippen molar-refractivity contribution in [2.45, 2.75) is 56.2 Å². The number of anilines is 1. The van der Waals surface area contributed by atoms with Crippen molar-refractivity contribution in [3.05, 3.63) is 65.7 Å². The molecule has 3 aliphatic carbocycles. The van der Waals surface area contributed by atoms with E-state index in [4.69, 9.17) is 0 Å². The third-order valence-corrected chi connectivity index (χ3v) is 7.86. The number of aliphatic hydroxyl groups is 1. The zero-order valence-corrected chi connectivity index (χ0v) is 20.6. The molecule has 10 nitrogen and oxygen atoms in total. The Hall–Kier alpha value is -4.23. The first-order valence-electron chi connectivity index (χ1n) is 12.5. The lowest BCUT2D eigenvalue weighted by Crippen LogP contribution is -2.54. The number of nitrogens with one attached hydrogen (secondary N) is 2. The molecule has 4 aromatic heterocycles. The summed E-state index contributed by atoms with van der Waals surface area (Å²) < 4.78 is 3.45. The second-order valence-corrected chi connectivity index (χ2v) is 10.4. The summed E-state index contributed by atoms with van der Waals surface area (Å²) in [5.41, 5.74) is 4.10. The Morgan fingerprint density at radius 1 is 1.11 bits per heavy atom. The molecule has 1 amide bonds. The summed E-state index contributed by atoms with van der Waals surface area (Å²) >= 11 is 0. The molecule has 7 rings (SSSR count). The molecule has 4 heterocycles. The van der Waals surface area contributed by atoms with Crippen LogP contribution in [0.5, 0.6) is 0 Å². The van der Waals surface area contributed by atoms with Crippen LogP contribution >= 0.6 is 0 Å². The molecule has 37 heavy (non-hydrogen) atoms. The standard InChI is InChI=1S/C27H28N8O2/c1-34-17-19(15-31-34)13-30-25(36)21-16-29-23(24-3-2-20-10-18(12-28)14-32-35(20)24)11-22(21)33-26-4-7-27(37,8-5-26)9-6-26/h2-3,10-11,14-17,37H,4-9,13H2,1H3,(H,29,33)(H,30,36). The summed E-state index contributed by atoms with van der Waals surface area (Å²) in [6, 6.07) is 9.61. The van der Waals surface area contributed by atoms with Crippen LogP contribution in [0, 0.1) is 11.3 Å². The van der Waals surface area contributed by atoms with Gasteiger partial charge in [0.2, 0.25) is 0 Å². The molecule has 3 fully saturated rings. The van der Waals surface area contributed by atoms with Crippen molar-refractivity contribution in [1.82, 2.24) is 29.7 Å². The molecule has 0 aliphatic heterocycles. The Balaban J connectivity index is 1.35. The third kappa shape index (κ3) is 4.32. The molecule has 0 saturated heterocycles. The highest BCUT2D eigenvalue weighted by Crippen LogP contribution is 2.48. The first-order chi connectivity index (χ1) is 17.9. The molecule has 3 aliphatic rings. The summed E-state index contributed by atoms with van der Waals surface area (Å²) in [5, 5.41) is 35.2. The monoisotopic (exact) mass is 496 g/mol. The quantitative estimate of drug-likeness (QED) is 0.373. The van der Waals surface area contributed by atoms with Gasteiger partial charge in [-0.1, -0.05) is 0 Å². The van der Waals surface area contributed by atoms with Gasteiger partial charge >= 0.3 is 0 Å². The summed E-state index contributed by atoms with van der Waals surface area (Å²) in [4.78, 5) is 17.9. The number of nitrogens with zero attached hydrogens (tertiary/aromatic N) is 6. The highest BCUT2D eigenvalue weighted by molar-refractivity contribution is 6.00. The van der Waals surface area contributed by atoms with Gasteiger partial charge in [0.1, 0.15) is 6.07 Å². The molecule has 3 saturated carbocycles. The fraction of sp³-hybridized carbons (Fsp3) is 0.370. The summed E-state index contributed by atoms with van der Waals surface area (Å²) in [6.07, 6.45) is 11.6. The van der Waals surface area contributed by atoms with E-state index in [9.17, 15) is 15.2 Å². The molecule has 0 atom stereocenters. The number of aromatic nitrogens is 5. The minimum Gasteiger partial charge on any atom is -0.390 e. The minimum absolute atomic E-state index is 0.164. The van der Waals surface area contributed by atoms with Crippen LogP contribution in [0.25, 0.3) is 16.9 Å². The van der Waals surface area contributed by atoms with E-state index in [1.807, 2.05) is 31.4 Å². The van der Waals surface area contributed by atoms with Crippen molar-refractivity contribution >= 4 is 17.1 Å². The van der Waals surface area contributed by atoms with Gasteiger partial charge in [-0.15, -0.1) is 0 Å². The van der Waals surface area contributed by atoms with Crippen LogP contribution in [-0.2, 0) is 13.6 Å². The molecule has 10 heteroatoms. The van der Waals surface area contributed by atoms with Gasteiger partial charge in [0.15, 0.2) is 0 Å². The summed E-state index contributed by atoms with van der Waals surface area (Å²) in [6.45, 7) is 0.362. The van der Waals surface area contributed by atoms with Crippen molar-refractivity contribution in [2.75, 3.05) is 5.32 Å². The van der Waals surface area contributed by atoms with Gasteiger partial charge in [-0.05, 0) is 62.8 Å². The largest absolute Gasteiger partial charge is 0.390 e. The maximum atomic E-state index is 13.3. The number of nitriles is 1. The van der Waals surface area contributed by atoms with E-state index in [0.717, 1.165) is 55.3 Å². The van der Waals surface area contributed by atoms with Gasteiger partial charge in [-0.2, -0.15) is 15.5 Å². The van der Waals surface area contributed by atoms with Crippen molar-refractivity contribution < 1.29 is 9.90 Å². The molecule has 188 valence electrons. The maximum Gasteiger partial charge on any atom is 0.255 e. The highest BCUT2D eigenvalue weighted by Gasteiger charge is 2.48. The van der Waals surface area contributed by atoms with Crippen molar-refractivity contribution in [2.24, 2.45) is 7.05 Å². The fourth-order valence-electron chi connectivity index (χ4n) is 5.61. The molecular formula is C27H28N8O2. The number of carbonyl (C=O) groups excluding carboxylic acids is 1. The van der Waals surface area contributed by atoms with Gasteiger partial charge in [0.05, 0.1) is 51.7 Å². The lowest BCUT2D eigenvalue weighted by atomic mass is 9.63. The second kappa shape index (κ2) is 8.71. The van der Waals surface area contributed by atoms with E-state index in [2.05, 4.69) is 31.9 Å². The van der Waals surface area contributed by atoms with Crippen molar-refractivity contribution in [3.8, 4) is 17.5 Å². The fourth-order valence-corrected chi connectivity index (χ4v) is 5.61. The Morgan fingerprint density at radius 3 is 2.59 bits per heavy atom. The molecule has 0 spiro atoms. The van der Waals surface area contributed by atoms with E-state index < -0.39 is 5.60 Å². The first kappa shape index (κ1) is 23.2. The van der Waals surface area contributed by atoms with Crippen LogP contribution in [0.4, 0.5) is 5.69 Å². The predicted octanol–water partition coefficient (Wildman–Crippen LogP) is 3.18. The number of carbonyl (C=O) groups is 1. The molecule has 3 N–H and O–H groups in total. The zero-order chi connectivity index (χ0) is 25.6. The van der Waals surface area contributed by atoms with Gasteiger partial charge < -0.3 is 15.7 Å². The van der Waals surface area contributed by atoms with Gasteiger partial charge in [0.25, 0.3) is 5.91 Å². The topological polar surface area (TPSA) is 133 Å². The number of hydrogen-bond donors (Lipinski definition) is 3. The molecule has 4 aromatic rings. The smallest absolute Gasteiger partial charge is 0.255 e. The van der Waals surface area contributed by atoms with E-state index >= 15 is 0 Å². The molecule has 0 unspecified atom stereocenters. The number of rotatable bonds is 6. The van der Waals surface area contributed by atoms with Gasteiger partial charge in [-0.25, -0.2) is 4.52 Å². The molecular weight excluding hydrogens is 468 g/mol. The van der Waals surface area contributed by atoms with E-state index in [1.54, 1.807) is 27.7 Å². The van der Waals surface area contributed by atoms with Gasteiger partial charge in [0, 0.05) is 37.1 Å². The Bertz CT molecular complexity index is 1520.